The van der Waals surface area contributed by atoms with Gasteiger partial charge in [-0.15, -0.1) is 11.3 Å². The van der Waals surface area contributed by atoms with Gasteiger partial charge in [-0.05, 0) is 106 Å². The largest absolute Gasteiger partial charge is 0.311 e. The van der Waals surface area contributed by atoms with Gasteiger partial charge in [0.1, 0.15) is 0 Å². The number of fused-ring (bicyclic) bond motifs is 6. The minimum atomic E-state index is 1.10. The summed E-state index contributed by atoms with van der Waals surface area (Å²) in [4.78, 5) is 2.36. The molecule has 0 amide bonds. The highest BCUT2D eigenvalue weighted by molar-refractivity contribution is 7.25. The van der Waals surface area contributed by atoms with Crippen LogP contribution >= 0.6 is 11.3 Å². The zero-order chi connectivity index (χ0) is 37.7. The van der Waals surface area contributed by atoms with Crippen LogP contribution < -0.4 is 4.90 Å². The molecule has 0 aliphatic rings. The topological polar surface area (TPSA) is 8.17 Å². The molecule has 0 fully saturated rings. The van der Waals surface area contributed by atoms with E-state index in [0.717, 1.165) is 22.7 Å². The van der Waals surface area contributed by atoms with Crippen LogP contribution in [0.2, 0.25) is 0 Å². The van der Waals surface area contributed by atoms with Crippen molar-refractivity contribution in [3.05, 3.63) is 218 Å². The maximum atomic E-state index is 2.38. The lowest BCUT2D eigenvalue weighted by Gasteiger charge is -2.26. The third-order valence-corrected chi connectivity index (χ3v) is 12.4. The molecule has 0 saturated carbocycles. The summed E-state index contributed by atoms with van der Waals surface area (Å²) in [5.74, 6) is 0. The molecule has 57 heavy (non-hydrogen) atoms. The van der Waals surface area contributed by atoms with Gasteiger partial charge in [0.2, 0.25) is 0 Å². The molecule has 2 nitrogen and oxygen atoms in total. The number of hydrogen-bond acceptors (Lipinski definition) is 2. The van der Waals surface area contributed by atoms with E-state index in [2.05, 4.69) is 228 Å². The van der Waals surface area contributed by atoms with E-state index in [1.54, 1.807) is 0 Å². The van der Waals surface area contributed by atoms with Crippen molar-refractivity contribution < 1.29 is 0 Å². The third-order valence-electron chi connectivity index (χ3n) is 11.2. The molecular weight excluding hydrogens is 709 g/mol. The van der Waals surface area contributed by atoms with Crippen molar-refractivity contribution in [2.45, 2.75) is 0 Å². The van der Waals surface area contributed by atoms with Crippen LogP contribution in [0, 0.1) is 0 Å². The summed E-state index contributed by atoms with van der Waals surface area (Å²) in [5, 5.41) is 5.17. The van der Waals surface area contributed by atoms with Crippen molar-refractivity contribution in [1.29, 1.82) is 0 Å². The fourth-order valence-corrected chi connectivity index (χ4v) is 9.54. The molecule has 0 bridgehead atoms. The number of aromatic nitrogens is 1. The third kappa shape index (κ3) is 5.88. The average molecular weight is 745 g/mol. The second-order valence-corrected chi connectivity index (χ2v) is 15.7. The number of rotatable bonds is 7. The summed E-state index contributed by atoms with van der Waals surface area (Å²) in [7, 11) is 0. The van der Waals surface area contributed by atoms with Crippen LogP contribution in [0.3, 0.4) is 0 Å². The van der Waals surface area contributed by atoms with E-state index in [9.17, 15) is 0 Å². The maximum Gasteiger partial charge on any atom is 0.0547 e. The molecule has 3 heteroatoms. The Balaban J connectivity index is 0.973. The number of hydrogen-bond donors (Lipinski definition) is 0. The average Bonchev–Trinajstić information content (AvgIpc) is 3.83. The summed E-state index contributed by atoms with van der Waals surface area (Å²) >= 11 is 1.86. The Morgan fingerprint density at radius 1 is 0.298 bits per heavy atom. The Morgan fingerprint density at radius 3 is 1.39 bits per heavy atom. The van der Waals surface area contributed by atoms with Crippen LogP contribution in [-0.2, 0) is 0 Å². The van der Waals surface area contributed by atoms with Gasteiger partial charge in [0.15, 0.2) is 0 Å². The lowest BCUT2D eigenvalue weighted by atomic mass is 10.0. The SMILES string of the molecule is c1ccc(-c2ccc(N(c3ccc(-c4ccc5c(c4)sc4ccccc45)cc3)c3ccc(-c4ccc5c6ccccc6n(-c6ccccc6)c5c4)cc3)cc2)cc1. The molecule has 0 spiro atoms. The monoisotopic (exact) mass is 744 g/mol. The van der Waals surface area contributed by atoms with E-state index in [-0.39, 0.29) is 0 Å². The Kier molecular flexibility index (Phi) is 8.04. The van der Waals surface area contributed by atoms with Crippen LogP contribution in [0.5, 0.6) is 0 Å². The minimum absolute atomic E-state index is 1.10. The summed E-state index contributed by atoms with van der Waals surface area (Å²) in [6, 6.07) is 79.3. The van der Waals surface area contributed by atoms with Crippen molar-refractivity contribution >= 4 is 70.4 Å². The molecule has 0 saturated heterocycles. The summed E-state index contributed by atoms with van der Waals surface area (Å²) in [6.45, 7) is 0. The fraction of sp³-hybridized carbons (Fsp3) is 0. The maximum absolute atomic E-state index is 2.38. The Bertz CT molecular complexity index is 3200. The van der Waals surface area contributed by atoms with Crippen LogP contribution in [0.15, 0.2) is 218 Å². The van der Waals surface area contributed by atoms with Crippen molar-refractivity contribution in [3.63, 3.8) is 0 Å². The molecule has 0 aliphatic carbocycles. The summed E-state index contributed by atoms with van der Waals surface area (Å²) < 4.78 is 5.03. The number of para-hydroxylation sites is 2. The van der Waals surface area contributed by atoms with Gasteiger partial charge in [0, 0.05) is 53.7 Å². The van der Waals surface area contributed by atoms with Gasteiger partial charge in [-0.25, -0.2) is 0 Å². The highest BCUT2D eigenvalue weighted by Crippen LogP contribution is 2.41. The predicted octanol–water partition coefficient (Wildman–Crippen LogP) is 15.6. The van der Waals surface area contributed by atoms with Crippen molar-refractivity contribution in [1.82, 2.24) is 4.57 Å². The van der Waals surface area contributed by atoms with E-state index < -0.39 is 0 Å². The van der Waals surface area contributed by atoms with Gasteiger partial charge >= 0.3 is 0 Å². The first-order chi connectivity index (χ1) is 28.2. The molecule has 2 heterocycles. The number of thiophene rings is 1. The van der Waals surface area contributed by atoms with Gasteiger partial charge in [0.05, 0.1) is 11.0 Å². The molecule has 11 aromatic rings. The molecule has 0 radical (unpaired) electrons. The Labute approximate surface area is 335 Å². The zero-order valence-corrected chi connectivity index (χ0v) is 31.9. The number of benzene rings is 9. The second kappa shape index (κ2) is 13.8. The van der Waals surface area contributed by atoms with Crippen LogP contribution in [0.4, 0.5) is 17.1 Å². The zero-order valence-electron chi connectivity index (χ0n) is 31.1. The Hall–Kier alpha value is -7.20. The molecule has 11 rings (SSSR count). The fourth-order valence-electron chi connectivity index (χ4n) is 8.40. The summed E-state index contributed by atoms with van der Waals surface area (Å²) in [5.41, 5.74) is 14.1. The lowest BCUT2D eigenvalue weighted by molar-refractivity contribution is 1.18. The molecule has 0 aliphatic heterocycles. The van der Waals surface area contributed by atoms with Crippen LogP contribution in [-0.4, -0.2) is 4.57 Å². The van der Waals surface area contributed by atoms with Gasteiger partial charge in [0.25, 0.3) is 0 Å². The standard InChI is InChI=1S/C54H36N2S/c1-3-11-37(12-4-1)38-19-27-44(28-20-38)55(46-31-23-40(24-32-46)42-26-34-50-49-16-8-10-18-53(49)57-54(50)36-42)45-29-21-39(22-30-45)41-25-33-48-47-15-7-9-17-51(47)56(52(48)35-41)43-13-5-2-6-14-43/h1-36H. The van der Waals surface area contributed by atoms with E-state index in [4.69, 9.17) is 0 Å². The molecule has 9 aromatic carbocycles. The predicted molar refractivity (Wildman–Crippen MR) is 245 cm³/mol. The van der Waals surface area contributed by atoms with E-state index >= 15 is 0 Å². The smallest absolute Gasteiger partial charge is 0.0547 e. The van der Waals surface area contributed by atoms with Gasteiger partial charge < -0.3 is 9.47 Å². The molecular formula is C54H36N2S. The van der Waals surface area contributed by atoms with Crippen LogP contribution in [0.25, 0.3) is 81.0 Å². The first-order valence-electron chi connectivity index (χ1n) is 19.4. The van der Waals surface area contributed by atoms with Gasteiger partial charge in [-0.3, -0.25) is 0 Å². The normalized spacial score (nSPS) is 11.5. The van der Waals surface area contributed by atoms with Crippen molar-refractivity contribution in [3.8, 4) is 39.1 Å². The van der Waals surface area contributed by atoms with Crippen LogP contribution in [0.1, 0.15) is 0 Å². The van der Waals surface area contributed by atoms with E-state index in [0.29, 0.717) is 0 Å². The highest BCUT2D eigenvalue weighted by atomic mass is 32.1. The molecule has 268 valence electrons. The van der Waals surface area contributed by atoms with Crippen molar-refractivity contribution in [2.24, 2.45) is 0 Å². The minimum Gasteiger partial charge on any atom is -0.311 e. The van der Waals surface area contributed by atoms with E-state index in [1.807, 2.05) is 11.3 Å². The summed E-state index contributed by atoms with van der Waals surface area (Å²) in [6.07, 6.45) is 0. The Morgan fingerprint density at radius 2 is 0.737 bits per heavy atom. The second-order valence-electron chi connectivity index (χ2n) is 14.6. The lowest BCUT2D eigenvalue weighted by Crippen LogP contribution is -2.09. The first kappa shape index (κ1) is 33.2. The highest BCUT2D eigenvalue weighted by Gasteiger charge is 2.16. The van der Waals surface area contributed by atoms with E-state index in [1.165, 1.54) is 75.4 Å². The molecule has 0 unspecified atom stereocenters. The molecule has 0 N–H and O–H groups in total. The first-order valence-corrected chi connectivity index (χ1v) is 20.2. The van der Waals surface area contributed by atoms with Gasteiger partial charge in [-0.2, -0.15) is 0 Å². The van der Waals surface area contributed by atoms with Crippen molar-refractivity contribution in [2.75, 3.05) is 4.90 Å². The molecule has 2 aromatic heterocycles. The molecule has 0 atom stereocenters. The van der Waals surface area contributed by atoms with Gasteiger partial charge in [-0.1, -0.05) is 146 Å². The number of anilines is 3. The number of nitrogens with zero attached hydrogens (tertiary/aromatic N) is 2. The quantitative estimate of drug-likeness (QED) is 0.158.